The molecule has 0 bridgehead atoms. The first kappa shape index (κ1) is 13.1. The summed E-state index contributed by atoms with van der Waals surface area (Å²) >= 11 is 5.92. The van der Waals surface area contributed by atoms with Crippen LogP contribution in [-0.2, 0) is 0 Å². The lowest BCUT2D eigenvalue weighted by Gasteiger charge is -2.06. The Bertz CT molecular complexity index is 680. The summed E-state index contributed by atoms with van der Waals surface area (Å²) in [5, 5.41) is 13.8. The van der Waals surface area contributed by atoms with E-state index in [0.29, 0.717) is 16.4 Å². The van der Waals surface area contributed by atoms with Crippen molar-refractivity contribution in [2.45, 2.75) is 6.92 Å². The molecule has 2 aromatic rings. The number of hydrogen-bond acceptors (Lipinski definition) is 4. The number of aromatic amines is 1. The van der Waals surface area contributed by atoms with Crippen LogP contribution in [-0.4, -0.2) is 9.91 Å². The van der Waals surface area contributed by atoms with Gasteiger partial charge in [0.2, 0.25) is 0 Å². The Balaban J connectivity index is 2.29. The predicted molar refractivity (Wildman–Crippen MR) is 73.2 cm³/mol. The lowest BCUT2D eigenvalue weighted by Crippen LogP contribution is -2.12. The number of pyridine rings is 1. The Morgan fingerprint density at radius 3 is 2.53 bits per heavy atom. The number of nitro benzene ring substituents is 1. The molecule has 0 aliphatic carbocycles. The fraction of sp³-hybridized carbons (Fsp3) is 0.0833. The summed E-state index contributed by atoms with van der Waals surface area (Å²) in [6.45, 7) is 1.69. The van der Waals surface area contributed by atoms with E-state index >= 15 is 0 Å². The smallest absolute Gasteiger partial charge is 0.271 e. The average Bonchev–Trinajstić information content (AvgIpc) is 2.36. The zero-order chi connectivity index (χ0) is 14.0. The second-order valence-corrected chi connectivity index (χ2v) is 4.32. The van der Waals surface area contributed by atoms with Gasteiger partial charge in [0.1, 0.15) is 5.69 Å². The highest BCUT2D eigenvalue weighted by molar-refractivity contribution is 6.31. The predicted octanol–water partition coefficient (Wildman–Crippen LogP) is 2.99. The van der Waals surface area contributed by atoms with Crippen LogP contribution in [0.3, 0.4) is 0 Å². The number of nitrogens with zero attached hydrogens (tertiary/aromatic N) is 1. The van der Waals surface area contributed by atoms with Crippen molar-refractivity contribution in [2.24, 2.45) is 0 Å². The van der Waals surface area contributed by atoms with Gasteiger partial charge in [0.15, 0.2) is 0 Å². The van der Waals surface area contributed by atoms with E-state index in [1.54, 1.807) is 6.92 Å². The first-order valence-electron chi connectivity index (χ1n) is 5.38. The van der Waals surface area contributed by atoms with Gasteiger partial charge in [-0.3, -0.25) is 14.9 Å². The van der Waals surface area contributed by atoms with E-state index in [-0.39, 0.29) is 16.9 Å². The fourth-order valence-corrected chi connectivity index (χ4v) is 1.67. The Kier molecular flexibility index (Phi) is 3.52. The number of H-pyrrole nitrogens is 1. The maximum absolute atomic E-state index is 11.7. The van der Waals surface area contributed by atoms with Crippen molar-refractivity contribution < 1.29 is 4.92 Å². The minimum atomic E-state index is -0.487. The normalized spacial score (nSPS) is 10.2. The monoisotopic (exact) mass is 279 g/mol. The molecule has 0 aliphatic rings. The number of hydrogen-bond donors (Lipinski definition) is 2. The molecule has 0 aliphatic heterocycles. The first-order chi connectivity index (χ1) is 8.97. The molecule has 1 aromatic heterocycles. The summed E-state index contributed by atoms with van der Waals surface area (Å²) in [5.41, 5.74) is 1.11. The third kappa shape index (κ3) is 2.92. The molecule has 0 saturated carbocycles. The number of nitrogens with one attached hydrogen (secondary N) is 2. The lowest BCUT2D eigenvalue weighted by atomic mass is 10.2. The molecule has 1 heterocycles. The van der Waals surface area contributed by atoms with Crippen LogP contribution in [0.15, 0.2) is 35.1 Å². The highest BCUT2D eigenvalue weighted by Gasteiger charge is 2.07. The molecule has 0 unspecified atom stereocenters. The van der Waals surface area contributed by atoms with E-state index in [4.69, 9.17) is 11.6 Å². The van der Waals surface area contributed by atoms with Crippen molar-refractivity contribution in [1.82, 2.24) is 4.98 Å². The third-order valence-electron chi connectivity index (χ3n) is 2.53. The summed E-state index contributed by atoms with van der Waals surface area (Å²) in [5.74, 6) is 0. The molecular formula is C12H10ClN3O3. The summed E-state index contributed by atoms with van der Waals surface area (Å²) in [6.07, 6.45) is 0. The molecule has 2 rings (SSSR count). The summed E-state index contributed by atoms with van der Waals surface area (Å²) < 4.78 is 0. The van der Waals surface area contributed by atoms with Gasteiger partial charge >= 0.3 is 0 Å². The molecule has 0 fully saturated rings. The maximum Gasteiger partial charge on any atom is 0.271 e. The van der Waals surface area contributed by atoms with E-state index in [2.05, 4.69) is 10.3 Å². The van der Waals surface area contributed by atoms with Gasteiger partial charge in [-0.2, -0.15) is 0 Å². The number of nitro groups is 1. The van der Waals surface area contributed by atoms with Crippen LogP contribution in [0.4, 0.5) is 17.1 Å². The van der Waals surface area contributed by atoms with Crippen molar-refractivity contribution in [2.75, 3.05) is 5.32 Å². The first-order valence-corrected chi connectivity index (χ1v) is 5.76. The van der Waals surface area contributed by atoms with Gasteiger partial charge in [-0.25, -0.2) is 0 Å². The molecule has 1 aromatic carbocycles. The molecular weight excluding hydrogens is 270 g/mol. The fourth-order valence-electron chi connectivity index (χ4n) is 1.51. The van der Waals surface area contributed by atoms with E-state index in [1.165, 1.54) is 30.3 Å². The second kappa shape index (κ2) is 5.11. The highest BCUT2D eigenvalue weighted by atomic mass is 35.5. The van der Waals surface area contributed by atoms with Gasteiger partial charge in [0.05, 0.1) is 9.95 Å². The average molecular weight is 280 g/mol. The topological polar surface area (TPSA) is 88.0 Å². The second-order valence-electron chi connectivity index (χ2n) is 3.91. The zero-order valence-corrected chi connectivity index (χ0v) is 10.7. The molecule has 0 radical (unpaired) electrons. The molecule has 7 heteroatoms. The van der Waals surface area contributed by atoms with E-state index in [0.717, 1.165) is 0 Å². The Hall–Kier alpha value is -2.34. The molecule has 98 valence electrons. The molecule has 19 heavy (non-hydrogen) atoms. The lowest BCUT2D eigenvalue weighted by molar-refractivity contribution is -0.384. The van der Waals surface area contributed by atoms with Crippen LogP contribution in [0.25, 0.3) is 0 Å². The number of rotatable bonds is 3. The number of non-ortho nitro benzene ring substituents is 1. The van der Waals surface area contributed by atoms with Crippen LogP contribution in [0.5, 0.6) is 0 Å². The number of benzene rings is 1. The molecule has 0 amide bonds. The molecule has 0 saturated heterocycles. The van der Waals surface area contributed by atoms with Gasteiger partial charge < -0.3 is 10.3 Å². The van der Waals surface area contributed by atoms with Gasteiger partial charge in [0.25, 0.3) is 11.2 Å². The molecule has 6 nitrogen and oxygen atoms in total. The Morgan fingerprint density at radius 1 is 1.32 bits per heavy atom. The number of anilines is 2. The standard InChI is InChI=1S/C12H10ClN3O3/c1-7-10(13)6-11(12(17)14-7)15-8-2-4-9(5-3-8)16(18)19/h2-6,15H,1H3,(H,14,17). The number of aryl methyl sites for hydroxylation is 1. The molecule has 0 spiro atoms. The van der Waals surface area contributed by atoms with Crippen molar-refractivity contribution in [3.05, 3.63) is 61.5 Å². The zero-order valence-electron chi connectivity index (χ0n) is 9.94. The molecule has 0 atom stereocenters. The summed E-state index contributed by atoms with van der Waals surface area (Å²) in [6, 6.07) is 7.26. The van der Waals surface area contributed by atoms with Crippen LogP contribution in [0.1, 0.15) is 5.69 Å². The van der Waals surface area contributed by atoms with Crippen LogP contribution >= 0.6 is 11.6 Å². The highest BCUT2D eigenvalue weighted by Crippen LogP contribution is 2.20. The summed E-state index contributed by atoms with van der Waals surface area (Å²) in [7, 11) is 0. The minimum Gasteiger partial charge on any atom is -0.351 e. The van der Waals surface area contributed by atoms with Crippen LogP contribution in [0.2, 0.25) is 5.02 Å². The minimum absolute atomic E-state index is 0.0126. The van der Waals surface area contributed by atoms with Gasteiger partial charge in [-0.15, -0.1) is 0 Å². The number of aromatic nitrogens is 1. The van der Waals surface area contributed by atoms with Crippen molar-refractivity contribution in [3.63, 3.8) is 0 Å². The number of halogens is 1. The van der Waals surface area contributed by atoms with Crippen molar-refractivity contribution in [3.8, 4) is 0 Å². The van der Waals surface area contributed by atoms with Crippen LogP contribution < -0.4 is 10.9 Å². The van der Waals surface area contributed by atoms with Crippen LogP contribution in [0, 0.1) is 17.0 Å². The van der Waals surface area contributed by atoms with Crippen molar-refractivity contribution in [1.29, 1.82) is 0 Å². The SMILES string of the molecule is Cc1[nH]c(=O)c(Nc2ccc([N+](=O)[O-])cc2)cc1Cl. The van der Waals surface area contributed by atoms with E-state index in [9.17, 15) is 14.9 Å². The van der Waals surface area contributed by atoms with Gasteiger partial charge in [-0.1, -0.05) is 11.6 Å². The van der Waals surface area contributed by atoms with Gasteiger partial charge in [0, 0.05) is 23.5 Å². The summed E-state index contributed by atoms with van der Waals surface area (Å²) in [4.78, 5) is 24.3. The third-order valence-corrected chi connectivity index (χ3v) is 2.92. The largest absolute Gasteiger partial charge is 0.351 e. The molecule has 2 N–H and O–H groups in total. The maximum atomic E-state index is 11.7. The van der Waals surface area contributed by atoms with E-state index in [1.807, 2.05) is 0 Å². The van der Waals surface area contributed by atoms with Crippen molar-refractivity contribution >= 4 is 28.7 Å². The quantitative estimate of drug-likeness (QED) is 0.668. The van der Waals surface area contributed by atoms with Gasteiger partial charge in [-0.05, 0) is 25.1 Å². The van der Waals surface area contributed by atoms with E-state index < -0.39 is 4.92 Å². The Morgan fingerprint density at radius 2 is 1.95 bits per heavy atom. The Labute approximate surface area is 113 Å².